The van der Waals surface area contributed by atoms with E-state index in [0.29, 0.717) is 16.8 Å². The van der Waals surface area contributed by atoms with Crippen molar-refractivity contribution in [2.24, 2.45) is 9.98 Å². The van der Waals surface area contributed by atoms with Crippen LogP contribution in [0.3, 0.4) is 0 Å². The lowest BCUT2D eigenvalue weighted by molar-refractivity contribution is -0.114. The smallest absolute Gasteiger partial charge is 0.240 e. The van der Waals surface area contributed by atoms with Gasteiger partial charge in [-0.15, -0.1) is 0 Å². The van der Waals surface area contributed by atoms with Crippen molar-refractivity contribution in [3.8, 4) is 0 Å². The van der Waals surface area contributed by atoms with E-state index in [1.54, 1.807) is 13.0 Å². The van der Waals surface area contributed by atoms with Gasteiger partial charge in [0.2, 0.25) is 12.2 Å². The van der Waals surface area contributed by atoms with Gasteiger partial charge in [-0.1, -0.05) is 12.6 Å². The minimum atomic E-state index is -0.149. The molecule has 0 aliphatic heterocycles. The van der Waals surface area contributed by atoms with Crippen LogP contribution in [0, 0.1) is 0 Å². The van der Waals surface area contributed by atoms with Gasteiger partial charge in [-0.3, -0.25) is 4.79 Å². The molecule has 5 nitrogen and oxygen atoms in total. The summed E-state index contributed by atoms with van der Waals surface area (Å²) in [6.45, 7) is 5.15. The average Bonchev–Trinajstić information content (AvgIpc) is 2.33. The van der Waals surface area contributed by atoms with E-state index in [9.17, 15) is 14.4 Å². The topological polar surface area (TPSA) is 75.9 Å². The standard InChI is InChI=1S/C13H10N2O3/c1-9(2)13(18)5-10-3-4-11(14-7-16)6-12(10)15-8-17/h3-4,6H,1,5H2,2H3. The molecule has 0 atom stereocenters. The number of rotatable bonds is 5. The molecule has 0 radical (unpaired) electrons. The summed E-state index contributed by atoms with van der Waals surface area (Å²) in [4.78, 5) is 38.9. The molecule has 0 aromatic heterocycles. The molecule has 0 saturated carbocycles. The van der Waals surface area contributed by atoms with Crippen molar-refractivity contribution in [3.63, 3.8) is 0 Å². The van der Waals surface area contributed by atoms with Crippen LogP contribution in [0.15, 0.2) is 40.3 Å². The maximum absolute atomic E-state index is 11.6. The summed E-state index contributed by atoms with van der Waals surface area (Å²) in [7, 11) is 0. The molecule has 0 amide bonds. The SMILES string of the molecule is C=C(C)C(=O)Cc1ccc(N=C=O)cc1N=C=O. The van der Waals surface area contributed by atoms with Crippen LogP contribution in [-0.4, -0.2) is 17.9 Å². The molecular weight excluding hydrogens is 232 g/mol. The van der Waals surface area contributed by atoms with Crippen LogP contribution >= 0.6 is 0 Å². The maximum atomic E-state index is 11.6. The zero-order chi connectivity index (χ0) is 13.5. The molecule has 0 aliphatic carbocycles. The van der Waals surface area contributed by atoms with Gasteiger partial charge in [-0.25, -0.2) is 9.59 Å². The summed E-state index contributed by atoms with van der Waals surface area (Å²) in [5.74, 6) is -0.149. The lowest BCUT2D eigenvalue weighted by atomic mass is 10.0. The van der Waals surface area contributed by atoms with Crippen molar-refractivity contribution in [1.82, 2.24) is 0 Å². The Bertz CT molecular complexity index is 592. The van der Waals surface area contributed by atoms with Gasteiger partial charge in [0.25, 0.3) is 0 Å². The first-order valence-corrected chi connectivity index (χ1v) is 5.06. The summed E-state index contributed by atoms with van der Waals surface area (Å²) < 4.78 is 0. The molecule has 90 valence electrons. The largest absolute Gasteiger partial charge is 0.294 e. The van der Waals surface area contributed by atoms with E-state index in [4.69, 9.17) is 0 Å². The first-order valence-electron chi connectivity index (χ1n) is 5.06. The number of benzene rings is 1. The molecule has 0 aliphatic rings. The number of carbonyl (C=O) groups is 1. The number of nitrogens with zero attached hydrogens (tertiary/aromatic N) is 2. The molecule has 0 heterocycles. The first kappa shape index (κ1) is 13.5. The van der Waals surface area contributed by atoms with Crippen LogP contribution in [0.25, 0.3) is 0 Å². The number of aliphatic imine (C=N–C) groups is 2. The van der Waals surface area contributed by atoms with E-state index in [1.165, 1.54) is 24.3 Å². The number of carbonyl (C=O) groups excluding carboxylic acids is 3. The summed E-state index contributed by atoms with van der Waals surface area (Å²) in [6.07, 6.45) is 2.87. The summed E-state index contributed by atoms with van der Waals surface area (Å²) >= 11 is 0. The van der Waals surface area contributed by atoms with Gasteiger partial charge in [0.05, 0.1) is 11.4 Å². The van der Waals surface area contributed by atoms with Crippen molar-refractivity contribution >= 4 is 29.3 Å². The molecule has 1 rings (SSSR count). The van der Waals surface area contributed by atoms with Crippen LogP contribution in [0.4, 0.5) is 11.4 Å². The lowest BCUT2D eigenvalue weighted by Crippen LogP contribution is -2.03. The second-order valence-electron chi connectivity index (χ2n) is 3.60. The third kappa shape index (κ3) is 3.46. The highest BCUT2D eigenvalue weighted by Gasteiger charge is 2.09. The Morgan fingerprint density at radius 1 is 1.28 bits per heavy atom. The molecule has 18 heavy (non-hydrogen) atoms. The van der Waals surface area contributed by atoms with E-state index in [0.717, 1.165) is 0 Å². The highest BCUT2D eigenvalue weighted by molar-refractivity contribution is 5.96. The number of hydrogen-bond donors (Lipinski definition) is 0. The Morgan fingerprint density at radius 3 is 2.50 bits per heavy atom. The monoisotopic (exact) mass is 242 g/mol. The summed E-state index contributed by atoms with van der Waals surface area (Å²) in [6, 6.07) is 4.53. The molecule has 0 spiro atoms. The van der Waals surface area contributed by atoms with Crippen molar-refractivity contribution in [2.45, 2.75) is 13.3 Å². The van der Waals surface area contributed by atoms with E-state index < -0.39 is 0 Å². The van der Waals surface area contributed by atoms with Crippen molar-refractivity contribution < 1.29 is 14.4 Å². The van der Waals surface area contributed by atoms with E-state index in [2.05, 4.69) is 16.6 Å². The average molecular weight is 242 g/mol. The van der Waals surface area contributed by atoms with Gasteiger partial charge >= 0.3 is 0 Å². The highest BCUT2D eigenvalue weighted by atomic mass is 16.1. The first-order chi connectivity index (χ1) is 8.58. The van der Waals surface area contributed by atoms with Gasteiger partial charge in [-0.2, -0.15) is 9.98 Å². The molecule has 0 saturated heterocycles. The van der Waals surface area contributed by atoms with E-state index in [1.807, 2.05) is 0 Å². The van der Waals surface area contributed by atoms with Crippen LogP contribution in [-0.2, 0) is 20.8 Å². The van der Waals surface area contributed by atoms with Crippen molar-refractivity contribution in [3.05, 3.63) is 35.9 Å². The second-order valence-corrected chi connectivity index (χ2v) is 3.60. The van der Waals surface area contributed by atoms with Crippen LogP contribution in [0.5, 0.6) is 0 Å². The lowest BCUT2D eigenvalue weighted by Gasteiger charge is -2.04. The maximum Gasteiger partial charge on any atom is 0.240 e. The van der Waals surface area contributed by atoms with Gasteiger partial charge in [-0.05, 0) is 30.2 Å². The minimum absolute atomic E-state index is 0.0843. The zero-order valence-electron chi connectivity index (χ0n) is 9.77. The minimum Gasteiger partial charge on any atom is -0.294 e. The third-order valence-corrected chi connectivity index (χ3v) is 2.24. The number of ketones is 1. The molecule has 1 aromatic carbocycles. The fourth-order valence-electron chi connectivity index (χ4n) is 1.30. The molecule has 0 unspecified atom stereocenters. The summed E-state index contributed by atoms with van der Waals surface area (Å²) in [5.41, 5.74) is 1.55. The van der Waals surface area contributed by atoms with Crippen molar-refractivity contribution in [2.75, 3.05) is 0 Å². The predicted molar refractivity (Wildman–Crippen MR) is 65.5 cm³/mol. The van der Waals surface area contributed by atoms with Gasteiger partial charge in [0, 0.05) is 6.42 Å². The van der Waals surface area contributed by atoms with Gasteiger partial charge in [0.15, 0.2) is 5.78 Å². The van der Waals surface area contributed by atoms with Crippen LogP contribution in [0.1, 0.15) is 12.5 Å². The Morgan fingerprint density at radius 2 is 1.94 bits per heavy atom. The summed E-state index contributed by atoms with van der Waals surface area (Å²) in [5, 5.41) is 0. The fourth-order valence-corrected chi connectivity index (χ4v) is 1.30. The molecule has 0 N–H and O–H groups in total. The molecule has 5 heteroatoms. The Kier molecular flexibility index (Phi) is 4.64. The second kappa shape index (κ2) is 6.21. The van der Waals surface area contributed by atoms with E-state index >= 15 is 0 Å². The Labute approximate surface area is 104 Å². The highest BCUT2D eigenvalue weighted by Crippen LogP contribution is 2.26. The van der Waals surface area contributed by atoms with Gasteiger partial charge in [0.1, 0.15) is 0 Å². The number of allylic oxidation sites excluding steroid dienone is 1. The zero-order valence-corrected chi connectivity index (χ0v) is 9.77. The molecule has 1 aromatic rings. The number of Topliss-reactive ketones (excluding diaryl/α,β-unsaturated/α-hetero) is 1. The molecular formula is C13H10N2O3. The molecule has 0 fully saturated rings. The quantitative estimate of drug-likeness (QED) is 0.451. The predicted octanol–water partition coefficient (Wildman–Crippen LogP) is 2.31. The number of isocyanates is 2. The van der Waals surface area contributed by atoms with Gasteiger partial charge < -0.3 is 0 Å². The van der Waals surface area contributed by atoms with Crippen molar-refractivity contribution in [1.29, 1.82) is 0 Å². The fraction of sp³-hybridized carbons (Fsp3) is 0.154. The van der Waals surface area contributed by atoms with Crippen LogP contribution in [0.2, 0.25) is 0 Å². The number of hydrogen-bond acceptors (Lipinski definition) is 5. The molecule has 0 bridgehead atoms. The third-order valence-electron chi connectivity index (χ3n) is 2.24. The van der Waals surface area contributed by atoms with Crippen LogP contribution < -0.4 is 0 Å². The Hall–Kier alpha value is -2.61. The Balaban J connectivity index is 3.18. The normalized spacial score (nSPS) is 8.94. The van der Waals surface area contributed by atoms with E-state index in [-0.39, 0.29) is 17.9 Å².